The number of aromatic hydroxyl groups is 1. The van der Waals surface area contributed by atoms with E-state index < -0.39 is 46.1 Å². The summed E-state index contributed by atoms with van der Waals surface area (Å²) in [6.07, 6.45) is 5.53. The highest BCUT2D eigenvalue weighted by Gasteiger charge is 2.60. The van der Waals surface area contributed by atoms with Crippen LogP contribution >= 0.6 is 0 Å². The van der Waals surface area contributed by atoms with Gasteiger partial charge >= 0.3 is 0 Å². The first-order valence-corrected chi connectivity index (χ1v) is 13.1. The van der Waals surface area contributed by atoms with Gasteiger partial charge in [-0.05, 0) is 67.1 Å². The smallest absolute Gasteiger partial charge is 0.202 e. The molecular formula is C29H34O7. The van der Waals surface area contributed by atoms with Crippen LogP contribution in [0.3, 0.4) is 0 Å². The van der Waals surface area contributed by atoms with Gasteiger partial charge in [0.15, 0.2) is 17.2 Å². The van der Waals surface area contributed by atoms with E-state index in [1.165, 1.54) is 0 Å². The molecule has 3 atom stereocenters. The molecule has 0 saturated heterocycles. The maximum Gasteiger partial charge on any atom is 0.202 e. The van der Waals surface area contributed by atoms with Gasteiger partial charge < -0.3 is 20.4 Å². The van der Waals surface area contributed by atoms with E-state index in [9.17, 15) is 34.8 Å². The topological polar surface area (TPSA) is 132 Å². The fourth-order valence-corrected chi connectivity index (χ4v) is 7.09. The first kappa shape index (κ1) is 24.8. The Hall–Kier alpha value is -2.93. The summed E-state index contributed by atoms with van der Waals surface area (Å²) < 4.78 is 0. The predicted molar refractivity (Wildman–Crippen MR) is 133 cm³/mol. The standard InChI is InChI=1S/C29H34O7/c1-13(2)18-12-19(15-7-5-4-6-8-15)25(32)24-20(18)10-16-9-17-11-21(31)22(14(3)30)27(34)29(17,36)28(35)23(16)26(24)33/h12-13,15-17,32-34,36H,4-11H2,1-3H3/t16-,17+,29-/m1/s1. The molecule has 0 aromatic heterocycles. The monoisotopic (exact) mass is 494 g/mol. The van der Waals surface area contributed by atoms with Gasteiger partial charge in [0.05, 0.1) is 5.56 Å². The predicted octanol–water partition coefficient (Wildman–Crippen LogP) is 4.70. The third-order valence-corrected chi connectivity index (χ3v) is 8.90. The third kappa shape index (κ3) is 3.39. The molecule has 0 amide bonds. The quantitative estimate of drug-likeness (QED) is 0.448. The molecule has 4 aliphatic carbocycles. The fraction of sp³-hybridized carbons (Fsp3) is 0.552. The van der Waals surface area contributed by atoms with Crippen LogP contribution in [0, 0.1) is 11.8 Å². The molecule has 0 radical (unpaired) electrons. The molecule has 1 aromatic carbocycles. The number of hydrogen-bond acceptors (Lipinski definition) is 7. The number of rotatable bonds is 3. The highest BCUT2D eigenvalue weighted by molar-refractivity contribution is 6.23. The number of ketones is 3. The molecule has 0 spiro atoms. The second-order valence-electron chi connectivity index (χ2n) is 11.3. The van der Waals surface area contributed by atoms with Gasteiger partial charge in [-0.25, -0.2) is 0 Å². The van der Waals surface area contributed by atoms with Crippen molar-refractivity contribution in [1.82, 2.24) is 0 Å². The number of benzene rings is 1. The summed E-state index contributed by atoms with van der Waals surface area (Å²) in [5, 5.41) is 45.2. The molecule has 0 bridgehead atoms. The van der Waals surface area contributed by atoms with Crippen molar-refractivity contribution in [2.75, 3.05) is 0 Å². The average Bonchev–Trinajstić information content (AvgIpc) is 2.81. The Kier molecular flexibility index (Phi) is 5.90. The number of carbonyl (C=O) groups is 3. The van der Waals surface area contributed by atoms with E-state index in [-0.39, 0.29) is 47.3 Å². The summed E-state index contributed by atoms with van der Waals surface area (Å²) in [5.74, 6) is -4.61. The largest absolute Gasteiger partial charge is 0.508 e. The zero-order valence-electron chi connectivity index (χ0n) is 21.1. The van der Waals surface area contributed by atoms with Crippen LogP contribution in [0.4, 0.5) is 0 Å². The van der Waals surface area contributed by atoms with Crippen LogP contribution in [0.1, 0.15) is 99.8 Å². The van der Waals surface area contributed by atoms with Crippen molar-refractivity contribution in [1.29, 1.82) is 0 Å². The molecule has 7 heteroatoms. The van der Waals surface area contributed by atoms with Gasteiger partial charge in [0, 0.05) is 17.9 Å². The highest BCUT2D eigenvalue weighted by Crippen LogP contribution is 2.54. The normalized spacial score (nSPS) is 28.8. The van der Waals surface area contributed by atoms with Gasteiger partial charge in [-0.3, -0.25) is 14.4 Å². The van der Waals surface area contributed by atoms with Gasteiger partial charge in [-0.2, -0.15) is 0 Å². The molecule has 0 unspecified atom stereocenters. The van der Waals surface area contributed by atoms with Crippen LogP contribution in [-0.4, -0.2) is 43.4 Å². The number of allylic oxidation sites excluding steroid dienone is 1. The van der Waals surface area contributed by atoms with E-state index in [4.69, 9.17) is 0 Å². The van der Waals surface area contributed by atoms with E-state index >= 15 is 0 Å². The molecule has 4 aliphatic rings. The maximum absolute atomic E-state index is 13.8. The molecule has 1 aromatic rings. The van der Waals surface area contributed by atoms with Gasteiger partial charge in [0.1, 0.15) is 22.8 Å². The van der Waals surface area contributed by atoms with Crippen molar-refractivity contribution in [2.24, 2.45) is 11.8 Å². The first-order valence-electron chi connectivity index (χ1n) is 13.1. The SMILES string of the molecule is CC(=O)C1=C(O)[C@@]2(O)C(=O)C3=C(O)c4c(O)c(C5CCCCC5)cc(C(C)C)c4C[C@H]3C[C@H]2CC1=O. The molecule has 2 saturated carbocycles. The van der Waals surface area contributed by atoms with E-state index in [0.717, 1.165) is 55.7 Å². The minimum Gasteiger partial charge on any atom is -0.508 e. The lowest BCUT2D eigenvalue weighted by Crippen LogP contribution is -2.57. The summed E-state index contributed by atoms with van der Waals surface area (Å²) in [6, 6.07) is 2.06. The summed E-state index contributed by atoms with van der Waals surface area (Å²) >= 11 is 0. The third-order valence-electron chi connectivity index (χ3n) is 8.90. The fourth-order valence-electron chi connectivity index (χ4n) is 7.09. The van der Waals surface area contributed by atoms with Crippen molar-refractivity contribution in [2.45, 2.75) is 89.6 Å². The van der Waals surface area contributed by atoms with Crippen molar-refractivity contribution in [3.8, 4) is 5.75 Å². The lowest BCUT2D eigenvalue weighted by Gasteiger charge is -2.46. The number of phenolic OH excluding ortho intramolecular Hbond substituents is 1. The Labute approximate surface area is 210 Å². The number of fused-ring (bicyclic) bond motifs is 3. The molecule has 2 fully saturated rings. The molecule has 5 rings (SSSR count). The molecule has 4 N–H and O–H groups in total. The summed E-state index contributed by atoms with van der Waals surface area (Å²) in [7, 11) is 0. The Bertz CT molecular complexity index is 1240. The highest BCUT2D eigenvalue weighted by atomic mass is 16.3. The van der Waals surface area contributed by atoms with Crippen LogP contribution < -0.4 is 0 Å². The number of Topliss-reactive ketones (excluding diaryl/α,β-unsaturated/α-hetero) is 3. The summed E-state index contributed by atoms with van der Waals surface area (Å²) in [6.45, 7) is 5.23. The number of aliphatic hydroxyl groups is 3. The van der Waals surface area contributed by atoms with Gasteiger partial charge in [0.2, 0.25) is 5.78 Å². The maximum atomic E-state index is 13.8. The number of hydrogen-bond donors (Lipinski definition) is 4. The summed E-state index contributed by atoms with van der Waals surface area (Å²) in [5.41, 5.74) is -0.222. The minimum atomic E-state index is -2.45. The van der Waals surface area contributed by atoms with E-state index in [1.54, 1.807) is 0 Å². The van der Waals surface area contributed by atoms with Crippen LogP contribution in [0.2, 0.25) is 0 Å². The molecule has 36 heavy (non-hydrogen) atoms. The zero-order valence-corrected chi connectivity index (χ0v) is 21.1. The molecular weight excluding hydrogens is 460 g/mol. The van der Waals surface area contributed by atoms with Gasteiger partial charge in [0.25, 0.3) is 0 Å². The minimum absolute atomic E-state index is 0.0188. The Balaban J connectivity index is 1.71. The lowest BCUT2D eigenvalue weighted by atomic mass is 9.58. The zero-order chi connectivity index (χ0) is 26.1. The van der Waals surface area contributed by atoms with Crippen molar-refractivity contribution in [3.05, 3.63) is 45.2 Å². The van der Waals surface area contributed by atoms with Gasteiger partial charge in [-0.1, -0.05) is 39.2 Å². The molecule has 0 aliphatic heterocycles. The van der Waals surface area contributed by atoms with Gasteiger partial charge in [-0.15, -0.1) is 0 Å². The molecule has 192 valence electrons. The van der Waals surface area contributed by atoms with Crippen LogP contribution in [0.5, 0.6) is 5.75 Å². The van der Waals surface area contributed by atoms with Crippen LogP contribution in [-0.2, 0) is 20.8 Å². The number of phenols is 1. The first-order chi connectivity index (χ1) is 17.0. The van der Waals surface area contributed by atoms with E-state index in [1.807, 2.05) is 0 Å². The Morgan fingerprint density at radius 3 is 2.31 bits per heavy atom. The lowest BCUT2D eigenvalue weighted by molar-refractivity contribution is -0.147. The Morgan fingerprint density at radius 1 is 1.03 bits per heavy atom. The van der Waals surface area contributed by atoms with E-state index in [0.29, 0.717) is 6.42 Å². The number of carbonyl (C=O) groups excluding carboxylic acids is 3. The molecule has 7 nitrogen and oxygen atoms in total. The summed E-state index contributed by atoms with van der Waals surface area (Å²) in [4.78, 5) is 38.4. The molecule has 0 heterocycles. The average molecular weight is 495 g/mol. The van der Waals surface area contributed by atoms with Crippen LogP contribution in [0.15, 0.2) is 23.0 Å². The number of aliphatic hydroxyl groups excluding tert-OH is 2. The van der Waals surface area contributed by atoms with Crippen LogP contribution in [0.25, 0.3) is 5.76 Å². The van der Waals surface area contributed by atoms with Crippen molar-refractivity contribution >= 4 is 23.1 Å². The van der Waals surface area contributed by atoms with Crippen molar-refractivity contribution < 1.29 is 34.8 Å². The second kappa shape index (κ2) is 8.58. The van der Waals surface area contributed by atoms with E-state index in [2.05, 4.69) is 19.9 Å². The Morgan fingerprint density at radius 2 is 1.69 bits per heavy atom. The second-order valence-corrected chi connectivity index (χ2v) is 11.3. The van der Waals surface area contributed by atoms with Crippen molar-refractivity contribution in [3.63, 3.8) is 0 Å².